The van der Waals surface area contributed by atoms with Crippen LogP contribution in [0.5, 0.6) is 0 Å². The lowest BCUT2D eigenvalue weighted by atomic mass is 10.0. The van der Waals surface area contributed by atoms with E-state index in [0.717, 1.165) is 33.7 Å². The van der Waals surface area contributed by atoms with E-state index in [-0.39, 0.29) is 12.0 Å². The maximum Gasteiger partial charge on any atom is 0.336 e. The molecule has 0 saturated carbocycles. The van der Waals surface area contributed by atoms with Crippen LogP contribution in [0.3, 0.4) is 0 Å². The fraction of sp³-hybridized carbons (Fsp3) is 0.250. The fourth-order valence-electron chi connectivity index (χ4n) is 2.62. The molecule has 20 heavy (non-hydrogen) atoms. The van der Waals surface area contributed by atoms with Gasteiger partial charge < -0.3 is 13.6 Å². The van der Waals surface area contributed by atoms with Gasteiger partial charge in [-0.3, -0.25) is 0 Å². The maximum atomic E-state index is 11.5. The van der Waals surface area contributed by atoms with E-state index >= 15 is 0 Å². The van der Waals surface area contributed by atoms with Crippen LogP contribution in [-0.4, -0.2) is 6.29 Å². The van der Waals surface area contributed by atoms with E-state index in [9.17, 15) is 9.59 Å². The summed E-state index contributed by atoms with van der Waals surface area (Å²) in [5, 5.41) is 1.86. The Bertz CT molecular complexity index is 896. The summed E-state index contributed by atoms with van der Waals surface area (Å²) in [4.78, 5) is 22.2. The summed E-state index contributed by atoms with van der Waals surface area (Å²) < 4.78 is 11.1. The number of carbonyl (C=O) groups is 1. The van der Waals surface area contributed by atoms with Crippen LogP contribution in [0.4, 0.5) is 0 Å². The molecule has 0 saturated heterocycles. The SMILES string of the molecule is Cc1cc(=O)oc2c(C)c3oc(CC=O)c(C)c3cc12. The quantitative estimate of drug-likeness (QED) is 0.530. The van der Waals surface area contributed by atoms with Crippen molar-refractivity contribution in [1.29, 1.82) is 0 Å². The van der Waals surface area contributed by atoms with Gasteiger partial charge in [0.2, 0.25) is 0 Å². The summed E-state index contributed by atoms with van der Waals surface area (Å²) in [6, 6.07) is 3.44. The molecule has 0 radical (unpaired) electrons. The van der Waals surface area contributed by atoms with E-state index in [2.05, 4.69) is 0 Å². The first-order valence-corrected chi connectivity index (χ1v) is 6.42. The van der Waals surface area contributed by atoms with Crippen LogP contribution in [0, 0.1) is 20.8 Å². The minimum atomic E-state index is -0.367. The molecule has 0 spiro atoms. The van der Waals surface area contributed by atoms with Gasteiger partial charge in [0.15, 0.2) is 0 Å². The molecule has 0 aliphatic carbocycles. The average molecular weight is 270 g/mol. The molecule has 0 aliphatic rings. The van der Waals surface area contributed by atoms with Crippen molar-refractivity contribution in [1.82, 2.24) is 0 Å². The second kappa shape index (κ2) is 4.34. The molecular weight excluding hydrogens is 256 g/mol. The standard InChI is InChI=1S/C16H14O4/c1-8-6-14(18)20-15-10(3)16-12(7-11(8)15)9(2)13(19-16)4-5-17/h5-7H,4H2,1-3H3. The van der Waals surface area contributed by atoms with Crippen LogP contribution < -0.4 is 5.63 Å². The predicted octanol–water partition coefficient (Wildman–Crippen LogP) is 3.21. The van der Waals surface area contributed by atoms with Gasteiger partial charge in [0.25, 0.3) is 0 Å². The highest BCUT2D eigenvalue weighted by Crippen LogP contribution is 2.33. The molecule has 0 bridgehead atoms. The van der Waals surface area contributed by atoms with Crippen molar-refractivity contribution in [3.63, 3.8) is 0 Å². The third kappa shape index (κ3) is 1.68. The number of rotatable bonds is 2. The summed E-state index contributed by atoms with van der Waals surface area (Å²) in [6.45, 7) is 5.68. The molecule has 3 rings (SSSR count). The molecule has 0 aliphatic heterocycles. The van der Waals surface area contributed by atoms with E-state index in [1.54, 1.807) is 0 Å². The van der Waals surface area contributed by atoms with E-state index in [0.29, 0.717) is 16.9 Å². The number of hydrogen-bond acceptors (Lipinski definition) is 4. The molecule has 0 fully saturated rings. The van der Waals surface area contributed by atoms with Gasteiger partial charge in [-0.15, -0.1) is 0 Å². The zero-order chi connectivity index (χ0) is 14.4. The van der Waals surface area contributed by atoms with Crippen molar-refractivity contribution in [2.24, 2.45) is 0 Å². The Labute approximate surface area is 115 Å². The van der Waals surface area contributed by atoms with Gasteiger partial charge in [-0.25, -0.2) is 4.79 Å². The summed E-state index contributed by atoms with van der Waals surface area (Å²) in [6.07, 6.45) is 1.07. The summed E-state index contributed by atoms with van der Waals surface area (Å²) in [5.41, 5.74) is 3.49. The van der Waals surface area contributed by atoms with Crippen LogP contribution in [-0.2, 0) is 11.2 Å². The molecule has 2 aromatic heterocycles. The van der Waals surface area contributed by atoms with Crippen LogP contribution in [0.15, 0.2) is 25.8 Å². The van der Waals surface area contributed by atoms with Gasteiger partial charge in [-0.05, 0) is 38.0 Å². The highest BCUT2D eigenvalue weighted by atomic mass is 16.4. The molecule has 0 amide bonds. The Hall–Kier alpha value is -2.36. The number of furan rings is 1. The Morgan fingerprint density at radius 3 is 2.40 bits per heavy atom. The largest absolute Gasteiger partial charge is 0.460 e. The van der Waals surface area contributed by atoms with E-state index < -0.39 is 0 Å². The van der Waals surface area contributed by atoms with Crippen LogP contribution in [0.2, 0.25) is 0 Å². The maximum absolute atomic E-state index is 11.5. The zero-order valence-electron chi connectivity index (χ0n) is 11.6. The Kier molecular flexibility index (Phi) is 2.74. The van der Waals surface area contributed by atoms with Crippen LogP contribution >= 0.6 is 0 Å². The van der Waals surface area contributed by atoms with Crippen LogP contribution in [0.25, 0.3) is 21.9 Å². The highest BCUT2D eigenvalue weighted by molar-refractivity contribution is 6.00. The average Bonchev–Trinajstić information content (AvgIpc) is 2.70. The first kappa shape index (κ1) is 12.7. The van der Waals surface area contributed by atoms with Crippen molar-refractivity contribution < 1.29 is 13.6 Å². The van der Waals surface area contributed by atoms with Gasteiger partial charge in [0.05, 0.1) is 6.42 Å². The summed E-state index contributed by atoms with van der Waals surface area (Å²) in [7, 11) is 0. The summed E-state index contributed by atoms with van der Waals surface area (Å²) >= 11 is 0. The topological polar surface area (TPSA) is 60.4 Å². The monoisotopic (exact) mass is 270 g/mol. The van der Waals surface area contributed by atoms with Gasteiger partial charge in [-0.2, -0.15) is 0 Å². The van der Waals surface area contributed by atoms with Crippen molar-refractivity contribution in [3.8, 4) is 0 Å². The zero-order valence-corrected chi connectivity index (χ0v) is 11.6. The van der Waals surface area contributed by atoms with Gasteiger partial charge in [0.1, 0.15) is 23.2 Å². The second-order valence-corrected chi connectivity index (χ2v) is 5.02. The van der Waals surface area contributed by atoms with E-state index in [1.807, 2.05) is 26.8 Å². The van der Waals surface area contributed by atoms with Gasteiger partial charge >= 0.3 is 5.63 Å². The van der Waals surface area contributed by atoms with E-state index in [1.165, 1.54) is 6.07 Å². The molecule has 3 aromatic rings. The van der Waals surface area contributed by atoms with Crippen molar-refractivity contribution in [3.05, 3.63) is 45.0 Å². The van der Waals surface area contributed by atoms with Gasteiger partial charge in [-0.1, -0.05) is 0 Å². The second-order valence-electron chi connectivity index (χ2n) is 5.02. The molecule has 1 aromatic carbocycles. The molecule has 4 heteroatoms. The Morgan fingerprint density at radius 1 is 1.00 bits per heavy atom. The minimum absolute atomic E-state index is 0.249. The molecule has 0 unspecified atom stereocenters. The minimum Gasteiger partial charge on any atom is -0.460 e. The van der Waals surface area contributed by atoms with Gasteiger partial charge in [0, 0.05) is 22.4 Å². The number of benzene rings is 1. The van der Waals surface area contributed by atoms with Crippen molar-refractivity contribution in [2.45, 2.75) is 27.2 Å². The number of hydrogen-bond donors (Lipinski definition) is 0. The Balaban J connectivity index is 2.51. The fourth-order valence-corrected chi connectivity index (χ4v) is 2.62. The lowest BCUT2D eigenvalue weighted by molar-refractivity contribution is -0.107. The number of aryl methyl sites for hydroxylation is 3. The smallest absolute Gasteiger partial charge is 0.336 e. The molecule has 4 nitrogen and oxygen atoms in total. The molecule has 0 N–H and O–H groups in total. The predicted molar refractivity (Wildman–Crippen MR) is 76.2 cm³/mol. The summed E-state index contributed by atoms with van der Waals surface area (Å²) in [5.74, 6) is 0.661. The highest BCUT2D eigenvalue weighted by Gasteiger charge is 2.16. The third-order valence-electron chi connectivity index (χ3n) is 3.74. The van der Waals surface area contributed by atoms with Crippen molar-refractivity contribution in [2.75, 3.05) is 0 Å². The van der Waals surface area contributed by atoms with Crippen LogP contribution in [0.1, 0.15) is 22.5 Å². The number of fused-ring (bicyclic) bond motifs is 2. The number of aldehydes is 1. The molecule has 0 atom stereocenters. The molecule has 2 heterocycles. The van der Waals surface area contributed by atoms with E-state index in [4.69, 9.17) is 8.83 Å². The lowest BCUT2D eigenvalue weighted by Gasteiger charge is -2.04. The third-order valence-corrected chi connectivity index (χ3v) is 3.74. The normalized spacial score (nSPS) is 11.3. The Morgan fingerprint density at radius 2 is 1.70 bits per heavy atom. The number of carbonyl (C=O) groups excluding carboxylic acids is 1. The molecule has 102 valence electrons. The lowest BCUT2D eigenvalue weighted by Crippen LogP contribution is -1.99. The molecular formula is C16H14O4. The van der Waals surface area contributed by atoms with Crippen molar-refractivity contribution >= 4 is 28.2 Å². The first-order valence-electron chi connectivity index (χ1n) is 6.42. The first-order chi connectivity index (χ1) is 9.52.